The van der Waals surface area contributed by atoms with E-state index in [-0.39, 0.29) is 18.0 Å². The predicted octanol–water partition coefficient (Wildman–Crippen LogP) is 2.62. The van der Waals surface area contributed by atoms with E-state index in [9.17, 15) is 4.79 Å². The molecule has 2 aliphatic rings. The quantitative estimate of drug-likeness (QED) is 0.921. The molecule has 3 rings (SSSR count). The highest BCUT2D eigenvalue weighted by atomic mass is 16.5. The first-order valence-corrected chi connectivity index (χ1v) is 7.38. The summed E-state index contributed by atoms with van der Waals surface area (Å²) in [6.45, 7) is 5.84. The van der Waals surface area contributed by atoms with Gasteiger partial charge in [-0.1, -0.05) is 6.07 Å². The van der Waals surface area contributed by atoms with Crippen LogP contribution in [0.3, 0.4) is 0 Å². The number of nitrogens with two attached hydrogens (primary N) is 1. The third-order valence-electron chi connectivity index (χ3n) is 4.16. The van der Waals surface area contributed by atoms with E-state index in [1.165, 1.54) is 12.8 Å². The van der Waals surface area contributed by atoms with Crippen molar-refractivity contribution in [1.82, 2.24) is 0 Å². The number of ether oxygens (including phenoxy) is 1. The second kappa shape index (κ2) is 4.77. The van der Waals surface area contributed by atoms with Crippen LogP contribution in [0.25, 0.3) is 0 Å². The van der Waals surface area contributed by atoms with Crippen LogP contribution in [-0.4, -0.2) is 18.1 Å². The maximum Gasteiger partial charge on any atom is 0.268 e. The Morgan fingerprint density at radius 3 is 2.65 bits per heavy atom. The number of benzene rings is 1. The van der Waals surface area contributed by atoms with Crippen LogP contribution in [0.1, 0.15) is 45.2 Å². The molecule has 4 nitrogen and oxygen atoms in total. The molecule has 1 heterocycles. The number of nitrogens with zero attached hydrogens (tertiary/aromatic N) is 1. The zero-order chi connectivity index (χ0) is 14.4. The average molecular weight is 274 g/mol. The van der Waals surface area contributed by atoms with E-state index in [2.05, 4.69) is 0 Å². The maximum absolute atomic E-state index is 12.3. The third kappa shape index (κ3) is 2.18. The molecule has 0 saturated heterocycles. The van der Waals surface area contributed by atoms with Gasteiger partial charge in [0.25, 0.3) is 5.91 Å². The van der Waals surface area contributed by atoms with Gasteiger partial charge in [0, 0.05) is 12.1 Å². The fraction of sp³-hybridized carbons (Fsp3) is 0.562. The molecule has 1 fully saturated rings. The van der Waals surface area contributed by atoms with Gasteiger partial charge in [-0.15, -0.1) is 0 Å². The molecular weight excluding hydrogens is 252 g/mol. The summed E-state index contributed by atoms with van der Waals surface area (Å²) in [6, 6.07) is 6.19. The van der Waals surface area contributed by atoms with Gasteiger partial charge >= 0.3 is 0 Å². The van der Waals surface area contributed by atoms with Gasteiger partial charge in [-0.3, -0.25) is 4.79 Å². The highest BCUT2D eigenvalue weighted by molar-refractivity contribution is 6.00. The zero-order valence-corrected chi connectivity index (χ0v) is 12.3. The molecule has 1 aromatic rings. The minimum absolute atomic E-state index is 0.0182. The maximum atomic E-state index is 12.3. The summed E-state index contributed by atoms with van der Waals surface area (Å²) in [6.07, 6.45) is 1.99. The van der Waals surface area contributed by atoms with E-state index in [1.54, 1.807) is 6.92 Å². The Labute approximate surface area is 119 Å². The van der Waals surface area contributed by atoms with Crippen LogP contribution in [0, 0.1) is 5.92 Å². The van der Waals surface area contributed by atoms with Crippen molar-refractivity contribution < 1.29 is 9.53 Å². The summed E-state index contributed by atoms with van der Waals surface area (Å²) in [5.74, 6) is 1.39. The fourth-order valence-electron chi connectivity index (χ4n) is 2.85. The van der Waals surface area contributed by atoms with Gasteiger partial charge in [-0.05, 0) is 57.2 Å². The first-order chi connectivity index (χ1) is 9.49. The lowest BCUT2D eigenvalue weighted by Crippen LogP contribution is -2.47. The number of carbonyl (C=O) groups is 1. The number of amides is 1. The van der Waals surface area contributed by atoms with Crippen molar-refractivity contribution in [3.05, 3.63) is 23.8 Å². The average Bonchev–Trinajstić information content (AvgIpc) is 3.22. The lowest BCUT2D eigenvalue weighted by molar-refractivity contribution is -0.125. The number of fused-ring (bicyclic) bond motifs is 1. The molecule has 2 atom stereocenters. The monoisotopic (exact) mass is 274 g/mol. The molecule has 0 spiro atoms. The van der Waals surface area contributed by atoms with Crippen molar-refractivity contribution in [2.24, 2.45) is 11.7 Å². The summed E-state index contributed by atoms with van der Waals surface area (Å²) in [5, 5.41) is 0. The van der Waals surface area contributed by atoms with Crippen LogP contribution in [0.4, 0.5) is 5.69 Å². The second-order valence-corrected chi connectivity index (χ2v) is 6.15. The van der Waals surface area contributed by atoms with Gasteiger partial charge in [-0.2, -0.15) is 0 Å². The fourth-order valence-corrected chi connectivity index (χ4v) is 2.85. The molecule has 0 bridgehead atoms. The first-order valence-electron chi connectivity index (χ1n) is 7.38. The van der Waals surface area contributed by atoms with Gasteiger partial charge in [0.1, 0.15) is 5.75 Å². The Bertz CT molecular complexity index is 537. The molecule has 1 aliphatic carbocycles. The molecule has 20 heavy (non-hydrogen) atoms. The van der Waals surface area contributed by atoms with Crippen molar-refractivity contribution in [3.63, 3.8) is 0 Å². The lowest BCUT2D eigenvalue weighted by Gasteiger charge is -2.36. The molecule has 108 valence electrons. The lowest BCUT2D eigenvalue weighted by atomic mass is 10.0. The molecule has 1 amide bonds. The normalized spacial score (nSPS) is 23.6. The third-order valence-corrected chi connectivity index (χ3v) is 4.16. The molecule has 1 aliphatic heterocycles. The minimum Gasteiger partial charge on any atom is -0.479 e. The van der Waals surface area contributed by atoms with Crippen LogP contribution < -0.4 is 15.4 Å². The molecule has 4 heteroatoms. The van der Waals surface area contributed by atoms with Crippen molar-refractivity contribution in [2.75, 3.05) is 4.90 Å². The number of hydrogen-bond acceptors (Lipinski definition) is 3. The Balaban J connectivity index is 2.01. The molecule has 1 saturated carbocycles. The largest absolute Gasteiger partial charge is 0.479 e. The van der Waals surface area contributed by atoms with Gasteiger partial charge in [-0.25, -0.2) is 0 Å². The van der Waals surface area contributed by atoms with Gasteiger partial charge < -0.3 is 15.4 Å². The molecule has 0 aromatic heterocycles. The summed E-state index contributed by atoms with van der Waals surface area (Å²) in [7, 11) is 0. The topological polar surface area (TPSA) is 55.6 Å². The van der Waals surface area contributed by atoms with Crippen LogP contribution >= 0.6 is 0 Å². The van der Waals surface area contributed by atoms with Crippen molar-refractivity contribution in [3.8, 4) is 5.75 Å². The molecule has 2 N–H and O–H groups in total. The standard InChI is InChI=1S/C16H22N2O2/c1-9(2)18-13-8-12(15(17)11-4-5-11)6-7-14(13)20-10(3)16(18)19/h6-11,15H,4-5,17H2,1-3H3. The summed E-state index contributed by atoms with van der Waals surface area (Å²) >= 11 is 0. The Kier molecular flexibility index (Phi) is 3.21. The van der Waals surface area contributed by atoms with E-state index in [0.29, 0.717) is 5.92 Å². The van der Waals surface area contributed by atoms with Crippen LogP contribution in [0.5, 0.6) is 5.75 Å². The zero-order valence-electron chi connectivity index (χ0n) is 12.3. The minimum atomic E-state index is -0.423. The Morgan fingerprint density at radius 2 is 2.05 bits per heavy atom. The smallest absolute Gasteiger partial charge is 0.268 e. The Hall–Kier alpha value is -1.55. The summed E-state index contributed by atoms with van der Waals surface area (Å²) in [5.41, 5.74) is 8.23. The predicted molar refractivity (Wildman–Crippen MR) is 78.8 cm³/mol. The van der Waals surface area contributed by atoms with Crippen molar-refractivity contribution in [2.45, 2.75) is 51.8 Å². The molecular formula is C16H22N2O2. The molecule has 0 radical (unpaired) electrons. The van der Waals surface area contributed by atoms with Gasteiger partial charge in [0.2, 0.25) is 0 Å². The number of anilines is 1. The highest BCUT2D eigenvalue weighted by Gasteiger charge is 2.35. The molecule has 2 unspecified atom stereocenters. The van der Waals surface area contributed by atoms with Crippen LogP contribution in [0.15, 0.2) is 18.2 Å². The first kappa shape index (κ1) is 13.4. The second-order valence-electron chi connectivity index (χ2n) is 6.15. The number of hydrogen-bond donors (Lipinski definition) is 1. The van der Waals surface area contributed by atoms with E-state index < -0.39 is 6.10 Å². The highest BCUT2D eigenvalue weighted by Crippen LogP contribution is 2.43. The Morgan fingerprint density at radius 1 is 1.35 bits per heavy atom. The van der Waals surface area contributed by atoms with E-state index in [1.807, 2.05) is 36.9 Å². The van der Waals surface area contributed by atoms with E-state index in [4.69, 9.17) is 10.5 Å². The van der Waals surface area contributed by atoms with Crippen molar-refractivity contribution in [1.29, 1.82) is 0 Å². The van der Waals surface area contributed by atoms with Crippen LogP contribution in [-0.2, 0) is 4.79 Å². The van der Waals surface area contributed by atoms with Gasteiger partial charge in [0.05, 0.1) is 5.69 Å². The SMILES string of the molecule is CC1Oc2ccc(C(N)C3CC3)cc2N(C(C)C)C1=O. The summed E-state index contributed by atoms with van der Waals surface area (Å²) < 4.78 is 5.70. The van der Waals surface area contributed by atoms with Crippen LogP contribution in [0.2, 0.25) is 0 Å². The van der Waals surface area contributed by atoms with Gasteiger partial charge in [0.15, 0.2) is 6.10 Å². The van der Waals surface area contributed by atoms with E-state index in [0.717, 1.165) is 17.0 Å². The summed E-state index contributed by atoms with van der Waals surface area (Å²) in [4.78, 5) is 14.2. The number of carbonyl (C=O) groups excluding carboxylic acids is 1. The van der Waals surface area contributed by atoms with Crippen molar-refractivity contribution >= 4 is 11.6 Å². The number of rotatable bonds is 3. The van der Waals surface area contributed by atoms with E-state index >= 15 is 0 Å². The molecule has 1 aromatic carbocycles.